The highest BCUT2D eigenvalue weighted by atomic mass is 16.5. The van der Waals surface area contributed by atoms with Crippen LogP contribution in [0, 0.1) is 5.92 Å². The Morgan fingerprint density at radius 2 is 2.11 bits per heavy atom. The number of methoxy groups -OCH3 is 1. The smallest absolute Gasteiger partial charge is 0.375 e. The number of benzene rings is 1. The molecule has 1 unspecified atom stereocenters. The van der Waals surface area contributed by atoms with Gasteiger partial charge >= 0.3 is 5.97 Å². The highest BCUT2D eigenvalue weighted by Crippen LogP contribution is 2.30. The molecule has 0 saturated heterocycles. The third-order valence-electron chi connectivity index (χ3n) is 3.12. The number of ketones is 2. The minimum atomic E-state index is -0.957. The molecule has 0 radical (unpaired) electrons. The van der Waals surface area contributed by atoms with Gasteiger partial charge in [0.25, 0.3) is 5.78 Å². The molecule has 0 heterocycles. The van der Waals surface area contributed by atoms with Crippen LogP contribution in [0.4, 0.5) is 0 Å². The van der Waals surface area contributed by atoms with Crippen LogP contribution in [-0.2, 0) is 20.7 Å². The van der Waals surface area contributed by atoms with E-state index in [-0.39, 0.29) is 18.8 Å². The van der Waals surface area contributed by atoms with E-state index in [9.17, 15) is 14.4 Å². The Labute approximate surface area is 110 Å². The van der Waals surface area contributed by atoms with E-state index in [1.54, 1.807) is 25.1 Å². The summed E-state index contributed by atoms with van der Waals surface area (Å²) in [5, 5.41) is 0. The van der Waals surface area contributed by atoms with Crippen molar-refractivity contribution in [3.63, 3.8) is 0 Å². The number of esters is 1. The SMILES string of the molecule is CCOC(=O)C(=O)C1Cc2ccc(OC)cc2C1=O. The normalized spacial score (nSPS) is 16.9. The van der Waals surface area contributed by atoms with Gasteiger partial charge in [-0.05, 0) is 31.0 Å². The van der Waals surface area contributed by atoms with Gasteiger partial charge in [0.15, 0.2) is 5.78 Å². The standard InChI is InChI=1S/C14H14O5/c1-3-19-14(17)13(16)11-6-8-4-5-9(18-2)7-10(8)12(11)15/h4-5,7,11H,3,6H2,1-2H3. The maximum atomic E-state index is 12.1. The molecule has 1 aliphatic rings. The van der Waals surface area contributed by atoms with Gasteiger partial charge < -0.3 is 9.47 Å². The average Bonchev–Trinajstić information content (AvgIpc) is 2.75. The van der Waals surface area contributed by atoms with Gasteiger partial charge in [-0.2, -0.15) is 0 Å². The highest BCUT2D eigenvalue weighted by molar-refractivity contribution is 6.40. The van der Waals surface area contributed by atoms with Gasteiger partial charge in [-0.1, -0.05) is 6.07 Å². The summed E-state index contributed by atoms with van der Waals surface area (Å²) < 4.78 is 9.68. The highest BCUT2D eigenvalue weighted by Gasteiger charge is 2.39. The van der Waals surface area contributed by atoms with Crippen molar-refractivity contribution in [3.8, 4) is 5.75 Å². The van der Waals surface area contributed by atoms with E-state index in [0.29, 0.717) is 11.3 Å². The second-order valence-electron chi connectivity index (χ2n) is 4.23. The van der Waals surface area contributed by atoms with E-state index >= 15 is 0 Å². The molecule has 1 atom stereocenters. The lowest BCUT2D eigenvalue weighted by Crippen LogP contribution is -2.29. The third kappa shape index (κ3) is 2.36. The Hall–Kier alpha value is -2.17. The molecule has 0 bridgehead atoms. The maximum absolute atomic E-state index is 12.1. The van der Waals surface area contributed by atoms with Crippen molar-refractivity contribution in [2.45, 2.75) is 13.3 Å². The minimum absolute atomic E-state index is 0.117. The van der Waals surface area contributed by atoms with Gasteiger partial charge in [0.2, 0.25) is 0 Å². The zero-order chi connectivity index (χ0) is 14.0. The van der Waals surface area contributed by atoms with Gasteiger partial charge in [-0.25, -0.2) is 4.79 Å². The number of carbonyl (C=O) groups excluding carboxylic acids is 3. The molecule has 0 saturated carbocycles. The Bertz CT molecular complexity index is 547. The largest absolute Gasteiger partial charge is 0.497 e. The first kappa shape index (κ1) is 13.3. The summed E-state index contributed by atoms with van der Waals surface area (Å²) in [6.45, 7) is 1.73. The van der Waals surface area contributed by atoms with Crippen molar-refractivity contribution in [2.75, 3.05) is 13.7 Å². The van der Waals surface area contributed by atoms with Crippen LogP contribution in [0.3, 0.4) is 0 Å². The molecule has 1 aliphatic carbocycles. The number of ether oxygens (including phenoxy) is 2. The molecule has 0 N–H and O–H groups in total. The van der Waals surface area contributed by atoms with Crippen LogP contribution in [0.2, 0.25) is 0 Å². The summed E-state index contributed by atoms with van der Waals surface area (Å²) in [7, 11) is 1.50. The van der Waals surface area contributed by atoms with E-state index < -0.39 is 17.7 Å². The number of hydrogen-bond acceptors (Lipinski definition) is 5. The Balaban J connectivity index is 2.23. The fourth-order valence-electron chi connectivity index (χ4n) is 2.15. The fraction of sp³-hybridized carbons (Fsp3) is 0.357. The maximum Gasteiger partial charge on any atom is 0.375 e. The molecular weight excluding hydrogens is 248 g/mol. The summed E-state index contributed by atoms with van der Waals surface area (Å²) in [6, 6.07) is 5.06. The molecule has 0 fully saturated rings. The van der Waals surface area contributed by atoms with Crippen LogP contribution >= 0.6 is 0 Å². The topological polar surface area (TPSA) is 69.7 Å². The second-order valence-corrected chi connectivity index (χ2v) is 4.23. The molecule has 0 amide bonds. The molecular formula is C14H14O5. The first-order chi connectivity index (χ1) is 9.08. The predicted octanol–water partition coefficient (Wildman–Crippen LogP) is 1.18. The summed E-state index contributed by atoms with van der Waals surface area (Å²) in [4.78, 5) is 35.4. The van der Waals surface area contributed by atoms with Gasteiger partial charge in [0, 0.05) is 5.56 Å². The number of hydrogen-bond donors (Lipinski definition) is 0. The van der Waals surface area contributed by atoms with Crippen LogP contribution in [0.25, 0.3) is 0 Å². The monoisotopic (exact) mass is 262 g/mol. The number of carbonyl (C=O) groups is 3. The molecule has 1 aromatic rings. The van der Waals surface area contributed by atoms with Gasteiger partial charge in [0.1, 0.15) is 5.75 Å². The lowest BCUT2D eigenvalue weighted by Gasteiger charge is -2.05. The van der Waals surface area contributed by atoms with E-state index in [1.165, 1.54) is 7.11 Å². The lowest BCUT2D eigenvalue weighted by atomic mass is 10.00. The van der Waals surface area contributed by atoms with Crippen molar-refractivity contribution in [3.05, 3.63) is 29.3 Å². The van der Waals surface area contributed by atoms with Crippen LogP contribution < -0.4 is 4.74 Å². The van der Waals surface area contributed by atoms with Crippen molar-refractivity contribution in [1.82, 2.24) is 0 Å². The molecule has 100 valence electrons. The minimum Gasteiger partial charge on any atom is -0.497 e. The van der Waals surface area contributed by atoms with Crippen molar-refractivity contribution >= 4 is 17.5 Å². The molecule has 1 aromatic carbocycles. The number of rotatable bonds is 4. The number of fused-ring (bicyclic) bond motifs is 1. The first-order valence-electron chi connectivity index (χ1n) is 6.00. The predicted molar refractivity (Wildman–Crippen MR) is 66.2 cm³/mol. The average molecular weight is 262 g/mol. The van der Waals surface area contributed by atoms with Crippen molar-refractivity contribution < 1.29 is 23.9 Å². The lowest BCUT2D eigenvalue weighted by molar-refractivity contribution is -0.154. The van der Waals surface area contributed by atoms with Crippen molar-refractivity contribution in [2.24, 2.45) is 5.92 Å². The van der Waals surface area contributed by atoms with Gasteiger partial charge in [-0.3, -0.25) is 9.59 Å². The third-order valence-corrected chi connectivity index (χ3v) is 3.12. The molecule has 2 rings (SSSR count). The molecule has 19 heavy (non-hydrogen) atoms. The Kier molecular flexibility index (Phi) is 3.64. The summed E-state index contributed by atoms with van der Waals surface area (Å²) in [5.41, 5.74) is 1.20. The number of Topliss-reactive ketones (excluding diaryl/α,β-unsaturated/α-hetero) is 2. The van der Waals surface area contributed by atoms with Crippen LogP contribution in [0.15, 0.2) is 18.2 Å². The van der Waals surface area contributed by atoms with E-state index in [0.717, 1.165) is 5.56 Å². The molecule has 0 spiro atoms. The Morgan fingerprint density at radius 3 is 2.74 bits per heavy atom. The summed E-state index contributed by atoms with van der Waals surface area (Å²) in [6.07, 6.45) is 0.246. The van der Waals surface area contributed by atoms with E-state index in [2.05, 4.69) is 4.74 Å². The van der Waals surface area contributed by atoms with Crippen LogP contribution in [0.1, 0.15) is 22.8 Å². The zero-order valence-electron chi connectivity index (χ0n) is 10.8. The van der Waals surface area contributed by atoms with Crippen LogP contribution in [0.5, 0.6) is 5.75 Å². The van der Waals surface area contributed by atoms with E-state index in [4.69, 9.17) is 4.74 Å². The molecule has 0 aliphatic heterocycles. The molecule has 0 aromatic heterocycles. The van der Waals surface area contributed by atoms with Crippen LogP contribution in [-0.4, -0.2) is 31.3 Å². The first-order valence-corrected chi connectivity index (χ1v) is 6.00. The molecule has 5 nitrogen and oxygen atoms in total. The molecule has 5 heteroatoms. The second kappa shape index (κ2) is 5.22. The van der Waals surface area contributed by atoms with E-state index in [1.807, 2.05) is 0 Å². The summed E-state index contributed by atoms with van der Waals surface area (Å²) in [5.74, 6) is -2.47. The zero-order valence-corrected chi connectivity index (χ0v) is 10.8. The quantitative estimate of drug-likeness (QED) is 0.463. The summed E-state index contributed by atoms with van der Waals surface area (Å²) >= 11 is 0. The van der Waals surface area contributed by atoms with Gasteiger partial charge in [0.05, 0.1) is 19.6 Å². The van der Waals surface area contributed by atoms with Crippen molar-refractivity contribution in [1.29, 1.82) is 0 Å². The fourth-order valence-corrected chi connectivity index (χ4v) is 2.15. The van der Waals surface area contributed by atoms with Gasteiger partial charge in [-0.15, -0.1) is 0 Å². The Morgan fingerprint density at radius 1 is 1.37 bits per heavy atom.